The smallest absolute Gasteiger partial charge is 0.0975 e. The van der Waals surface area contributed by atoms with Crippen LogP contribution in [0.15, 0.2) is 35.1 Å². The summed E-state index contributed by atoms with van der Waals surface area (Å²) in [5.74, 6) is 0. The quantitative estimate of drug-likeness (QED) is 0.770. The average Bonchev–Trinajstić information content (AvgIpc) is 2.37. The van der Waals surface area contributed by atoms with Gasteiger partial charge >= 0.3 is 0 Å². The predicted molar refractivity (Wildman–Crippen MR) is 89.8 cm³/mol. The molecule has 0 fully saturated rings. The van der Waals surface area contributed by atoms with Crippen LogP contribution < -0.4 is 4.72 Å². The molecule has 112 valence electrons. The topological polar surface area (TPSA) is 42.0 Å². The van der Waals surface area contributed by atoms with E-state index >= 15 is 0 Å². The summed E-state index contributed by atoms with van der Waals surface area (Å²) in [6.45, 7) is 7.93. The lowest BCUT2D eigenvalue weighted by atomic mass is 10.0. The Hall–Kier alpha value is -0.520. The zero-order valence-electron chi connectivity index (χ0n) is 12.5. The van der Waals surface area contributed by atoms with E-state index in [2.05, 4.69) is 31.7 Å². The number of allylic oxidation sites excluding steroid dienone is 2. The molecule has 1 N–H and O–H groups in total. The standard InChI is InChI=1S/C15H23BrN2OS/c1-5-6-7-8-14(18-20(19)15(2,3)4)12-9-10-17-11-13(12)16/h5-6,9-11,14,18H,7-8H2,1-4H3/b6-5+/t14-,20+/m1/s1. The summed E-state index contributed by atoms with van der Waals surface area (Å²) in [5.41, 5.74) is 1.10. The molecule has 1 rings (SSSR count). The first-order valence-electron chi connectivity index (χ1n) is 6.75. The maximum absolute atomic E-state index is 12.3. The van der Waals surface area contributed by atoms with Crippen LogP contribution in [0.5, 0.6) is 0 Å². The van der Waals surface area contributed by atoms with Gasteiger partial charge in [0.25, 0.3) is 0 Å². The largest absolute Gasteiger partial charge is 0.264 e. The molecule has 1 aromatic heterocycles. The normalized spacial score (nSPS) is 15.4. The number of rotatable bonds is 6. The third kappa shape index (κ3) is 5.46. The van der Waals surface area contributed by atoms with Gasteiger partial charge in [0.15, 0.2) is 0 Å². The van der Waals surface area contributed by atoms with Crippen LogP contribution in [0.25, 0.3) is 0 Å². The van der Waals surface area contributed by atoms with Crippen molar-refractivity contribution in [3.63, 3.8) is 0 Å². The van der Waals surface area contributed by atoms with Gasteiger partial charge in [-0.25, -0.2) is 8.93 Å². The van der Waals surface area contributed by atoms with E-state index in [1.54, 1.807) is 12.4 Å². The Morgan fingerprint density at radius 2 is 2.20 bits per heavy atom. The molecule has 0 aliphatic carbocycles. The lowest BCUT2D eigenvalue weighted by Crippen LogP contribution is -2.35. The molecule has 1 heterocycles. The zero-order valence-corrected chi connectivity index (χ0v) is 14.9. The lowest BCUT2D eigenvalue weighted by molar-refractivity contribution is 0.573. The molecule has 1 aromatic rings. The molecule has 0 radical (unpaired) electrons. The number of aromatic nitrogens is 1. The van der Waals surface area contributed by atoms with E-state index in [1.165, 1.54) is 0 Å². The third-order valence-electron chi connectivity index (χ3n) is 2.84. The number of halogens is 1. The van der Waals surface area contributed by atoms with Gasteiger partial charge in [0.05, 0.1) is 15.7 Å². The minimum absolute atomic E-state index is 0.0450. The van der Waals surface area contributed by atoms with Crippen molar-refractivity contribution in [2.45, 2.75) is 51.3 Å². The summed E-state index contributed by atoms with van der Waals surface area (Å²) in [6, 6.07) is 2.01. The zero-order chi connectivity index (χ0) is 15.2. The van der Waals surface area contributed by atoms with E-state index in [9.17, 15) is 4.21 Å². The molecule has 0 saturated carbocycles. The van der Waals surface area contributed by atoms with Gasteiger partial charge in [-0.15, -0.1) is 0 Å². The Morgan fingerprint density at radius 3 is 2.75 bits per heavy atom. The lowest BCUT2D eigenvalue weighted by Gasteiger charge is -2.25. The van der Waals surface area contributed by atoms with Gasteiger partial charge in [0.1, 0.15) is 0 Å². The predicted octanol–water partition coefficient (Wildman–Crippen LogP) is 4.29. The van der Waals surface area contributed by atoms with Crippen LogP contribution >= 0.6 is 15.9 Å². The highest BCUT2D eigenvalue weighted by molar-refractivity contribution is 9.10. The third-order valence-corrected chi connectivity index (χ3v) is 5.12. The molecule has 5 heteroatoms. The molecule has 0 unspecified atom stereocenters. The monoisotopic (exact) mass is 358 g/mol. The van der Waals surface area contributed by atoms with Crippen molar-refractivity contribution in [2.24, 2.45) is 0 Å². The van der Waals surface area contributed by atoms with Crippen LogP contribution in [-0.2, 0) is 11.0 Å². The van der Waals surface area contributed by atoms with Crippen molar-refractivity contribution < 1.29 is 4.21 Å². The van der Waals surface area contributed by atoms with Crippen molar-refractivity contribution in [2.75, 3.05) is 0 Å². The Balaban J connectivity index is 2.91. The van der Waals surface area contributed by atoms with E-state index in [0.717, 1.165) is 22.9 Å². The molecular weight excluding hydrogens is 336 g/mol. The van der Waals surface area contributed by atoms with Crippen LogP contribution in [0.1, 0.15) is 52.1 Å². The van der Waals surface area contributed by atoms with Crippen molar-refractivity contribution in [3.8, 4) is 0 Å². The van der Waals surface area contributed by atoms with Gasteiger partial charge in [-0.3, -0.25) is 4.98 Å². The highest BCUT2D eigenvalue weighted by atomic mass is 79.9. The summed E-state index contributed by atoms with van der Waals surface area (Å²) >= 11 is 3.53. The average molecular weight is 359 g/mol. The van der Waals surface area contributed by atoms with E-state index < -0.39 is 11.0 Å². The molecule has 2 atom stereocenters. The second-order valence-corrected chi connectivity index (χ2v) is 8.45. The fraction of sp³-hybridized carbons (Fsp3) is 0.533. The van der Waals surface area contributed by atoms with Crippen molar-refractivity contribution in [1.82, 2.24) is 9.71 Å². The van der Waals surface area contributed by atoms with Crippen LogP contribution in [0.3, 0.4) is 0 Å². The number of hydrogen-bond acceptors (Lipinski definition) is 2. The molecule has 3 nitrogen and oxygen atoms in total. The molecule has 0 saturated heterocycles. The molecule has 0 aliphatic rings. The fourth-order valence-corrected chi connectivity index (χ4v) is 3.07. The Kier molecular flexibility index (Phi) is 7.06. The number of nitrogens with one attached hydrogen (secondary N) is 1. The van der Waals surface area contributed by atoms with Gasteiger partial charge < -0.3 is 0 Å². The van der Waals surface area contributed by atoms with Crippen LogP contribution in [0, 0.1) is 0 Å². The Morgan fingerprint density at radius 1 is 1.50 bits per heavy atom. The minimum atomic E-state index is -1.10. The molecular formula is C15H23BrN2OS. The van der Waals surface area contributed by atoms with Crippen LogP contribution in [0.2, 0.25) is 0 Å². The first kappa shape index (κ1) is 17.5. The van der Waals surface area contributed by atoms with E-state index in [0.29, 0.717) is 0 Å². The SMILES string of the molecule is C/C=C/CC[C@@H](N[S@@](=O)C(C)(C)C)c1ccncc1Br. The van der Waals surface area contributed by atoms with Crippen LogP contribution in [0.4, 0.5) is 0 Å². The van der Waals surface area contributed by atoms with E-state index in [1.807, 2.05) is 39.8 Å². The molecule has 0 spiro atoms. The molecule has 0 amide bonds. The minimum Gasteiger partial charge on any atom is -0.264 e. The fourth-order valence-electron chi connectivity index (χ4n) is 1.68. The van der Waals surface area contributed by atoms with Gasteiger partial charge in [-0.2, -0.15) is 0 Å². The summed E-state index contributed by atoms with van der Waals surface area (Å²) in [7, 11) is -1.10. The molecule has 0 aliphatic heterocycles. The Labute approximate surface area is 133 Å². The van der Waals surface area contributed by atoms with Crippen molar-refractivity contribution in [3.05, 3.63) is 40.6 Å². The van der Waals surface area contributed by atoms with Gasteiger partial charge in [-0.05, 0) is 68.1 Å². The van der Waals surface area contributed by atoms with Gasteiger partial charge in [0, 0.05) is 22.9 Å². The van der Waals surface area contributed by atoms with E-state index in [-0.39, 0.29) is 10.8 Å². The molecule has 0 aromatic carbocycles. The van der Waals surface area contributed by atoms with Crippen molar-refractivity contribution in [1.29, 1.82) is 0 Å². The second kappa shape index (κ2) is 8.05. The van der Waals surface area contributed by atoms with Gasteiger partial charge in [-0.1, -0.05) is 12.2 Å². The summed E-state index contributed by atoms with van der Waals surface area (Å²) in [6.07, 6.45) is 9.56. The van der Waals surface area contributed by atoms with E-state index in [4.69, 9.17) is 0 Å². The molecule has 0 bridgehead atoms. The first-order valence-corrected chi connectivity index (χ1v) is 8.69. The molecule has 20 heavy (non-hydrogen) atoms. The maximum Gasteiger partial charge on any atom is 0.0975 e. The highest BCUT2D eigenvalue weighted by Gasteiger charge is 2.24. The first-order chi connectivity index (χ1) is 9.36. The van der Waals surface area contributed by atoms with Crippen LogP contribution in [-0.4, -0.2) is 13.9 Å². The number of pyridine rings is 1. The summed E-state index contributed by atoms with van der Waals surface area (Å²) in [5, 5.41) is 0. The number of nitrogens with zero attached hydrogens (tertiary/aromatic N) is 1. The highest BCUT2D eigenvalue weighted by Crippen LogP contribution is 2.27. The summed E-state index contributed by atoms with van der Waals surface area (Å²) in [4.78, 5) is 4.09. The van der Waals surface area contributed by atoms with Crippen molar-refractivity contribution >= 4 is 26.9 Å². The maximum atomic E-state index is 12.3. The number of hydrogen-bond donors (Lipinski definition) is 1. The second-order valence-electron chi connectivity index (χ2n) is 5.60. The summed E-state index contributed by atoms with van der Waals surface area (Å²) < 4.78 is 16.3. The Bertz CT molecular complexity index is 483. The van der Waals surface area contributed by atoms with Gasteiger partial charge in [0.2, 0.25) is 0 Å².